The number of aromatic nitrogens is 7. The fourth-order valence-electron chi connectivity index (χ4n) is 5.34. The van der Waals surface area contributed by atoms with Crippen LogP contribution in [-0.4, -0.2) is 66.3 Å². The largest absolute Gasteiger partial charge is 0.492 e. The Morgan fingerprint density at radius 1 is 0.975 bits per heavy atom. The van der Waals surface area contributed by atoms with Crippen molar-refractivity contribution in [2.24, 2.45) is 0 Å². The molecule has 0 bridgehead atoms. The molecule has 200 valence electrons. The molecule has 6 heterocycles. The van der Waals surface area contributed by atoms with Crippen molar-refractivity contribution >= 4 is 22.1 Å². The molecule has 1 aromatic carbocycles. The van der Waals surface area contributed by atoms with E-state index < -0.39 is 0 Å². The van der Waals surface area contributed by atoms with Crippen LogP contribution in [0.2, 0.25) is 0 Å². The number of rotatable bonds is 7. The van der Waals surface area contributed by atoms with E-state index in [1.807, 2.05) is 43.6 Å². The van der Waals surface area contributed by atoms with Gasteiger partial charge in [0, 0.05) is 54.1 Å². The van der Waals surface area contributed by atoms with Crippen LogP contribution < -0.4 is 4.74 Å². The van der Waals surface area contributed by atoms with Crippen molar-refractivity contribution in [2.45, 2.75) is 19.8 Å². The van der Waals surface area contributed by atoms with Gasteiger partial charge in [-0.1, -0.05) is 0 Å². The van der Waals surface area contributed by atoms with E-state index in [-0.39, 0.29) is 5.82 Å². The van der Waals surface area contributed by atoms with Gasteiger partial charge in [0.05, 0.1) is 16.6 Å². The lowest BCUT2D eigenvalue weighted by molar-refractivity contribution is 0.237. The summed E-state index contributed by atoms with van der Waals surface area (Å²) in [4.78, 5) is 24.0. The summed E-state index contributed by atoms with van der Waals surface area (Å²) in [6.07, 6.45) is 9.55. The Morgan fingerprint density at radius 2 is 1.88 bits per heavy atom. The third kappa shape index (κ3) is 4.56. The molecule has 9 nitrogen and oxygen atoms in total. The monoisotopic (exact) mass is 534 g/mol. The number of nitrogens with zero attached hydrogens (tertiary/aromatic N) is 6. The molecule has 0 saturated carbocycles. The molecule has 40 heavy (non-hydrogen) atoms. The average molecular weight is 535 g/mol. The summed E-state index contributed by atoms with van der Waals surface area (Å²) < 4.78 is 20.6. The zero-order chi connectivity index (χ0) is 27.1. The standard InChI is InChI=1S/C30H27FN8O/c1-18-4-6-32-17-24(18)20-14-23-27(37-38-29(23)34-16-20)30-35-25-5-7-33-26(28(25)36-30)19-12-21(31)15-22(13-19)40-11-10-39-8-2-3-9-39/h4-7,12-17H,2-3,8-11H2,1H3,(H,35,36)(H,34,37,38). The van der Waals surface area contributed by atoms with Crippen LogP contribution >= 0.6 is 0 Å². The van der Waals surface area contributed by atoms with E-state index >= 15 is 0 Å². The van der Waals surface area contributed by atoms with Gasteiger partial charge in [0.1, 0.15) is 29.4 Å². The van der Waals surface area contributed by atoms with Crippen molar-refractivity contribution in [3.05, 3.63) is 72.6 Å². The van der Waals surface area contributed by atoms with E-state index in [0.29, 0.717) is 46.3 Å². The highest BCUT2D eigenvalue weighted by atomic mass is 19.1. The Morgan fingerprint density at radius 3 is 2.75 bits per heavy atom. The number of aryl methyl sites for hydroxylation is 1. The lowest BCUT2D eigenvalue weighted by Crippen LogP contribution is -2.25. The van der Waals surface area contributed by atoms with Crippen molar-refractivity contribution < 1.29 is 9.13 Å². The molecule has 0 amide bonds. The van der Waals surface area contributed by atoms with Crippen LogP contribution in [0.1, 0.15) is 18.4 Å². The number of halogens is 1. The van der Waals surface area contributed by atoms with Crippen LogP contribution in [0.5, 0.6) is 5.75 Å². The van der Waals surface area contributed by atoms with Crippen LogP contribution in [0.3, 0.4) is 0 Å². The maximum absolute atomic E-state index is 14.7. The Kier molecular flexibility index (Phi) is 6.16. The van der Waals surface area contributed by atoms with Crippen molar-refractivity contribution in [2.75, 3.05) is 26.2 Å². The van der Waals surface area contributed by atoms with Gasteiger partial charge in [-0.2, -0.15) is 5.10 Å². The molecule has 1 fully saturated rings. The number of pyridine rings is 3. The number of aromatic amines is 2. The second-order valence-corrected chi connectivity index (χ2v) is 10.1. The van der Waals surface area contributed by atoms with Gasteiger partial charge in [-0.25, -0.2) is 14.4 Å². The molecular formula is C30H27FN8O. The Labute approximate surface area is 229 Å². The lowest BCUT2D eigenvalue weighted by atomic mass is 10.0. The van der Waals surface area contributed by atoms with E-state index in [9.17, 15) is 4.39 Å². The van der Waals surface area contributed by atoms with E-state index in [1.54, 1.807) is 12.4 Å². The number of fused-ring (bicyclic) bond motifs is 2. The van der Waals surface area contributed by atoms with E-state index in [1.165, 1.54) is 25.0 Å². The Bertz CT molecular complexity index is 1840. The molecule has 1 aliphatic heterocycles. The first-order valence-corrected chi connectivity index (χ1v) is 13.4. The van der Waals surface area contributed by atoms with E-state index in [4.69, 9.17) is 9.72 Å². The molecule has 0 atom stereocenters. The maximum atomic E-state index is 14.7. The van der Waals surface area contributed by atoms with Gasteiger partial charge in [-0.05, 0) is 68.8 Å². The second kappa shape index (κ2) is 10.1. The molecule has 7 rings (SSSR count). The number of H-pyrrole nitrogens is 2. The van der Waals surface area contributed by atoms with Crippen molar-refractivity contribution in [3.63, 3.8) is 0 Å². The summed E-state index contributed by atoms with van der Waals surface area (Å²) in [6.45, 7) is 5.57. The zero-order valence-corrected chi connectivity index (χ0v) is 22.0. The fourth-order valence-corrected chi connectivity index (χ4v) is 5.34. The van der Waals surface area contributed by atoms with Crippen molar-refractivity contribution in [1.29, 1.82) is 0 Å². The van der Waals surface area contributed by atoms with Crippen molar-refractivity contribution in [3.8, 4) is 39.7 Å². The molecule has 2 N–H and O–H groups in total. The number of benzene rings is 1. The number of nitrogens with one attached hydrogen (secondary N) is 2. The summed E-state index contributed by atoms with van der Waals surface area (Å²) in [6, 6.07) is 10.5. The van der Waals surface area contributed by atoms with Crippen LogP contribution in [0.4, 0.5) is 4.39 Å². The molecule has 5 aromatic heterocycles. The molecule has 1 saturated heterocycles. The fraction of sp³-hybridized carbons (Fsp3) is 0.233. The minimum absolute atomic E-state index is 0.383. The van der Waals surface area contributed by atoms with Gasteiger partial charge < -0.3 is 9.72 Å². The summed E-state index contributed by atoms with van der Waals surface area (Å²) in [5, 5.41) is 8.34. The summed E-state index contributed by atoms with van der Waals surface area (Å²) in [7, 11) is 0. The number of likely N-dealkylation sites (tertiary alicyclic amines) is 1. The van der Waals surface area contributed by atoms with Gasteiger partial charge in [-0.3, -0.25) is 20.0 Å². The highest BCUT2D eigenvalue weighted by Crippen LogP contribution is 2.33. The number of hydrogen-bond donors (Lipinski definition) is 2. The average Bonchev–Trinajstić information content (AvgIpc) is 3.72. The minimum Gasteiger partial charge on any atom is -0.492 e. The Hall–Kier alpha value is -4.70. The molecule has 0 radical (unpaired) electrons. The predicted octanol–water partition coefficient (Wildman–Crippen LogP) is 5.55. The van der Waals surface area contributed by atoms with Crippen LogP contribution in [0, 0.1) is 12.7 Å². The SMILES string of the molecule is Cc1ccncc1-c1cnc2[nH]nc(-c3nc4c(-c5cc(F)cc(OCCN6CCCC6)c5)nccc4[nH]3)c2c1. The summed E-state index contributed by atoms with van der Waals surface area (Å²) in [5.74, 6) is 0.660. The molecule has 6 aromatic rings. The predicted molar refractivity (Wildman–Crippen MR) is 151 cm³/mol. The zero-order valence-electron chi connectivity index (χ0n) is 22.0. The highest BCUT2D eigenvalue weighted by Gasteiger charge is 2.18. The van der Waals surface area contributed by atoms with Gasteiger partial charge in [0.2, 0.25) is 0 Å². The summed E-state index contributed by atoms with van der Waals surface area (Å²) >= 11 is 0. The normalized spacial score (nSPS) is 13.9. The highest BCUT2D eigenvalue weighted by molar-refractivity contribution is 5.96. The first kappa shape index (κ1) is 24.3. The first-order valence-electron chi connectivity index (χ1n) is 13.4. The number of hydrogen-bond acceptors (Lipinski definition) is 7. The van der Waals surface area contributed by atoms with Gasteiger partial charge in [-0.15, -0.1) is 0 Å². The second-order valence-electron chi connectivity index (χ2n) is 10.1. The van der Waals surface area contributed by atoms with E-state index in [0.717, 1.165) is 47.2 Å². The molecule has 1 aliphatic rings. The third-order valence-corrected chi connectivity index (χ3v) is 7.41. The smallest absolute Gasteiger partial charge is 0.159 e. The lowest BCUT2D eigenvalue weighted by Gasteiger charge is -2.15. The van der Waals surface area contributed by atoms with Crippen molar-refractivity contribution in [1.82, 2.24) is 40.0 Å². The van der Waals surface area contributed by atoms with Gasteiger partial charge in [0.25, 0.3) is 0 Å². The molecule has 10 heteroatoms. The first-order chi connectivity index (χ1) is 19.6. The molecule has 0 aliphatic carbocycles. The molecular weight excluding hydrogens is 507 g/mol. The third-order valence-electron chi connectivity index (χ3n) is 7.41. The topological polar surface area (TPSA) is 108 Å². The number of ether oxygens (including phenoxy) is 1. The van der Waals surface area contributed by atoms with Gasteiger partial charge in [0.15, 0.2) is 11.5 Å². The van der Waals surface area contributed by atoms with E-state index in [2.05, 4.69) is 35.0 Å². The number of imidazole rings is 1. The van der Waals surface area contributed by atoms with Crippen LogP contribution in [0.25, 0.3) is 56.0 Å². The molecule has 0 unspecified atom stereocenters. The summed E-state index contributed by atoms with van der Waals surface area (Å²) in [5.41, 5.74) is 6.89. The quantitative estimate of drug-likeness (QED) is 0.277. The van der Waals surface area contributed by atoms with Crippen LogP contribution in [-0.2, 0) is 0 Å². The van der Waals surface area contributed by atoms with Gasteiger partial charge >= 0.3 is 0 Å². The minimum atomic E-state index is -0.383. The van der Waals surface area contributed by atoms with Crippen LogP contribution in [0.15, 0.2) is 61.2 Å². The maximum Gasteiger partial charge on any atom is 0.159 e. The Balaban J connectivity index is 1.24. The molecule has 0 spiro atoms.